The molecule has 0 aromatic heterocycles. The number of carbonyl (C=O) groups excluding carboxylic acids is 1. The quantitative estimate of drug-likeness (QED) is 0.774. The molecule has 0 aliphatic heterocycles. The van der Waals surface area contributed by atoms with Crippen LogP contribution in [0, 0.1) is 12.8 Å². The minimum absolute atomic E-state index is 0.155. The molecule has 3 heteroatoms. The summed E-state index contributed by atoms with van der Waals surface area (Å²) in [6, 6.07) is 6.48. The van der Waals surface area contributed by atoms with E-state index >= 15 is 0 Å². The lowest BCUT2D eigenvalue weighted by Crippen LogP contribution is -2.36. The monoisotopic (exact) mass is 263 g/mol. The minimum Gasteiger partial charge on any atom is -0.339 e. The average Bonchev–Trinajstić information content (AvgIpc) is 3.21. The lowest BCUT2D eigenvalue weighted by Gasteiger charge is -2.25. The number of aryl methyl sites for hydroxylation is 1. The zero-order valence-electron chi connectivity index (χ0n) is 11.6. The van der Waals surface area contributed by atoms with Crippen LogP contribution in [-0.2, 0) is 0 Å². The summed E-state index contributed by atoms with van der Waals surface area (Å²) in [5.41, 5.74) is 1.91. The van der Waals surface area contributed by atoms with Crippen LogP contribution in [0.4, 0.5) is 0 Å². The first kappa shape index (κ1) is 13.5. The molecular weight excluding hydrogens is 242 g/mol. The van der Waals surface area contributed by atoms with Gasteiger partial charge in [-0.1, -0.05) is 6.07 Å². The van der Waals surface area contributed by atoms with Gasteiger partial charge in [-0.3, -0.25) is 4.79 Å². The Morgan fingerprint density at radius 3 is 2.67 bits per heavy atom. The van der Waals surface area contributed by atoms with Crippen LogP contribution in [0.1, 0.15) is 35.7 Å². The van der Waals surface area contributed by atoms with Gasteiger partial charge in [0.05, 0.1) is 0 Å². The Morgan fingerprint density at radius 1 is 1.44 bits per heavy atom. The van der Waals surface area contributed by atoms with Crippen LogP contribution in [0.15, 0.2) is 23.1 Å². The summed E-state index contributed by atoms with van der Waals surface area (Å²) in [4.78, 5) is 15.6. The van der Waals surface area contributed by atoms with E-state index in [9.17, 15) is 4.79 Å². The van der Waals surface area contributed by atoms with E-state index in [-0.39, 0.29) is 5.91 Å². The van der Waals surface area contributed by atoms with Crippen molar-refractivity contribution >= 4 is 17.7 Å². The Kier molecular flexibility index (Phi) is 4.00. The van der Waals surface area contributed by atoms with Gasteiger partial charge in [-0.2, -0.15) is 0 Å². The highest BCUT2D eigenvalue weighted by atomic mass is 32.2. The van der Waals surface area contributed by atoms with Crippen LogP contribution in [0.3, 0.4) is 0 Å². The van der Waals surface area contributed by atoms with Crippen molar-refractivity contribution in [3.8, 4) is 0 Å². The summed E-state index contributed by atoms with van der Waals surface area (Å²) in [5.74, 6) is 0.866. The van der Waals surface area contributed by atoms with Crippen molar-refractivity contribution in [2.24, 2.45) is 5.92 Å². The Hall–Kier alpha value is -0.960. The fourth-order valence-corrected chi connectivity index (χ4v) is 2.67. The fourth-order valence-electron chi connectivity index (χ4n) is 2.23. The van der Waals surface area contributed by atoms with Crippen LogP contribution in [0.5, 0.6) is 0 Å². The number of hydrogen-bond donors (Lipinski definition) is 0. The Bertz CT molecular complexity index is 454. The fraction of sp³-hybridized carbons (Fsp3) is 0.533. The number of thioether (sulfide) groups is 1. The lowest BCUT2D eigenvalue weighted by atomic mass is 10.1. The van der Waals surface area contributed by atoms with E-state index in [0.717, 1.165) is 16.0 Å². The van der Waals surface area contributed by atoms with Crippen LogP contribution >= 0.6 is 11.8 Å². The van der Waals surface area contributed by atoms with Crippen LogP contribution < -0.4 is 0 Å². The molecule has 98 valence electrons. The maximum atomic E-state index is 12.5. The van der Waals surface area contributed by atoms with Crippen molar-refractivity contribution in [3.63, 3.8) is 0 Å². The molecule has 0 N–H and O–H groups in total. The van der Waals surface area contributed by atoms with Gasteiger partial charge in [0, 0.05) is 23.5 Å². The summed E-state index contributed by atoms with van der Waals surface area (Å²) >= 11 is 1.68. The number of hydrogen-bond acceptors (Lipinski definition) is 2. The number of amides is 1. The van der Waals surface area contributed by atoms with Crippen molar-refractivity contribution in [2.75, 3.05) is 13.3 Å². The first-order chi connectivity index (χ1) is 8.54. The molecule has 2 rings (SSSR count). The summed E-state index contributed by atoms with van der Waals surface area (Å²) in [6.07, 6.45) is 4.57. The Labute approximate surface area is 114 Å². The molecule has 2 nitrogen and oxygen atoms in total. The van der Waals surface area contributed by atoms with Crippen LogP contribution in [0.25, 0.3) is 0 Å². The molecule has 0 spiro atoms. The topological polar surface area (TPSA) is 20.3 Å². The third-order valence-corrected chi connectivity index (χ3v) is 4.64. The summed E-state index contributed by atoms with van der Waals surface area (Å²) in [6.45, 7) is 4.16. The molecule has 1 unspecified atom stereocenters. The lowest BCUT2D eigenvalue weighted by molar-refractivity contribution is 0.0726. The molecule has 1 aliphatic carbocycles. The second-order valence-electron chi connectivity index (χ2n) is 5.17. The maximum Gasteiger partial charge on any atom is 0.254 e. The Balaban J connectivity index is 2.21. The van der Waals surface area contributed by atoms with Crippen molar-refractivity contribution in [1.29, 1.82) is 0 Å². The second-order valence-corrected chi connectivity index (χ2v) is 6.05. The number of benzene rings is 1. The first-order valence-corrected chi connectivity index (χ1v) is 7.69. The first-order valence-electron chi connectivity index (χ1n) is 6.46. The van der Waals surface area contributed by atoms with Gasteiger partial charge >= 0.3 is 0 Å². The molecule has 18 heavy (non-hydrogen) atoms. The molecule has 0 bridgehead atoms. The predicted molar refractivity (Wildman–Crippen MR) is 77.2 cm³/mol. The van der Waals surface area contributed by atoms with Gasteiger partial charge in [-0.15, -0.1) is 11.8 Å². The van der Waals surface area contributed by atoms with E-state index < -0.39 is 0 Å². The minimum atomic E-state index is 0.155. The third-order valence-electron chi connectivity index (χ3n) is 3.91. The molecule has 1 saturated carbocycles. The van der Waals surface area contributed by atoms with Crippen LogP contribution in [-0.4, -0.2) is 30.2 Å². The zero-order chi connectivity index (χ0) is 13.3. The highest BCUT2D eigenvalue weighted by Crippen LogP contribution is 2.35. The van der Waals surface area contributed by atoms with Crippen molar-refractivity contribution in [3.05, 3.63) is 29.3 Å². The molecular formula is C15H21NOS. The van der Waals surface area contributed by atoms with Gasteiger partial charge in [0.15, 0.2) is 0 Å². The van der Waals surface area contributed by atoms with E-state index in [1.54, 1.807) is 11.8 Å². The maximum absolute atomic E-state index is 12.5. The average molecular weight is 263 g/mol. The standard InChI is InChI=1S/C15H21NOS/c1-10-5-8-13(18-4)9-14(10)15(17)16(3)11(2)12-6-7-12/h5,8-9,11-12H,6-7H2,1-4H3. The van der Waals surface area contributed by atoms with Crippen molar-refractivity contribution in [2.45, 2.75) is 37.6 Å². The molecule has 1 aromatic rings. The smallest absolute Gasteiger partial charge is 0.254 e. The molecule has 0 saturated heterocycles. The molecule has 1 amide bonds. The molecule has 1 fully saturated rings. The molecule has 1 atom stereocenters. The number of carbonyl (C=O) groups is 1. The van der Waals surface area contributed by atoms with Gasteiger partial charge in [0.25, 0.3) is 5.91 Å². The van der Waals surface area contributed by atoms with E-state index in [1.165, 1.54) is 12.8 Å². The van der Waals surface area contributed by atoms with Crippen molar-refractivity contribution < 1.29 is 4.79 Å². The third kappa shape index (κ3) is 2.72. The largest absolute Gasteiger partial charge is 0.339 e. The summed E-state index contributed by atoms with van der Waals surface area (Å²) < 4.78 is 0. The SMILES string of the molecule is CSc1ccc(C)c(C(=O)N(C)C(C)C2CC2)c1. The normalized spacial score (nSPS) is 16.4. The van der Waals surface area contributed by atoms with E-state index in [1.807, 2.05) is 37.3 Å². The Morgan fingerprint density at radius 2 is 2.11 bits per heavy atom. The van der Waals surface area contributed by atoms with Gasteiger partial charge in [0.2, 0.25) is 0 Å². The molecule has 0 heterocycles. The van der Waals surface area contributed by atoms with Gasteiger partial charge in [-0.25, -0.2) is 0 Å². The predicted octanol–water partition coefficient (Wildman–Crippen LogP) is 3.59. The molecule has 0 radical (unpaired) electrons. The zero-order valence-corrected chi connectivity index (χ0v) is 12.4. The highest BCUT2D eigenvalue weighted by molar-refractivity contribution is 7.98. The highest BCUT2D eigenvalue weighted by Gasteiger charge is 2.33. The summed E-state index contributed by atoms with van der Waals surface area (Å²) in [5, 5.41) is 0. The van der Waals surface area contributed by atoms with E-state index in [0.29, 0.717) is 12.0 Å². The van der Waals surface area contributed by atoms with Gasteiger partial charge < -0.3 is 4.90 Å². The van der Waals surface area contributed by atoms with E-state index in [2.05, 4.69) is 13.0 Å². The second kappa shape index (κ2) is 5.35. The van der Waals surface area contributed by atoms with Crippen LogP contribution in [0.2, 0.25) is 0 Å². The van der Waals surface area contributed by atoms with Crippen molar-refractivity contribution in [1.82, 2.24) is 4.90 Å². The molecule has 1 aliphatic rings. The number of rotatable bonds is 4. The van der Waals surface area contributed by atoms with E-state index in [4.69, 9.17) is 0 Å². The number of nitrogens with zero attached hydrogens (tertiary/aromatic N) is 1. The van der Waals surface area contributed by atoms with Gasteiger partial charge in [0.1, 0.15) is 0 Å². The molecule has 1 aromatic carbocycles. The summed E-state index contributed by atoms with van der Waals surface area (Å²) in [7, 11) is 1.93. The van der Waals surface area contributed by atoms with Gasteiger partial charge in [-0.05, 0) is 56.6 Å².